The zero-order valence-electron chi connectivity index (χ0n) is 19.1. The molecule has 0 amide bonds. The van der Waals surface area contributed by atoms with Gasteiger partial charge in [-0.3, -0.25) is 0 Å². The summed E-state index contributed by atoms with van der Waals surface area (Å²) in [4.78, 5) is 16.1. The lowest BCUT2D eigenvalue weighted by Gasteiger charge is -2.34. The van der Waals surface area contributed by atoms with Crippen LogP contribution in [0.5, 0.6) is 0 Å². The number of aromatic carboxylic acids is 1. The van der Waals surface area contributed by atoms with Gasteiger partial charge >= 0.3 is 5.97 Å². The van der Waals surface area contributed by atoms with E-state index in [9.17, 15) is 14.3 Å². The van der Waals surface area contributed by atoms with Crippen LogP contribution in [0.3, 0.4) is 0 Å². The molecule has 0 fully saturated rings. The maximum atomic E-state index is 13.1. The largest absolute Gasteiger partial charge is 0.478 e. The zero-order valence-corrected chi connectivity index (χ0v) is 19.1. The molecule has 0 saturated heterocycles. The average Bonchev–Trinajstić information content (AvgIpc) is 3.29. The van der Waals surface area contributed by atoms with E-state index in [1.54, 1.807) is 37.5 Å². The number of ether oxygens (including phenoxy) is 2. The topological polar surface area (TPSA) is 81.8 Å². The maximum absolute atomic E-state index is 13.1. The highest BCUT2D eigenvalue weighted by molar-refractivity contribution is 5.91. The fraction of sp³-hybridized carbons (Fsp3) is 0.333. The molecule has 7 heteroatoms. The SMILES string of the molecule is Cc1cccc(COCC2(COCc3coc(-c4ccc(F)cc4)n3)CC=CCC2)c1C(=O)O. The zero-order chi connectivity index (χ0) is 24.0. The predicted octanol–water partition coefficient (Wildman–Crippen LogP) is 5.95. The number of aryl methyl sites for hydroxylation is 1. The molecule has 0 saturated carbocycles. The Bertz CT molecular complexity index is 1150. The molecule has 1 aliphatic carbocycles. The van der Waals surface area contributed by atoms with E-state index in [4.69, 9.17) is 13.9 Å². The van der Waals surface area contributed by atoms with Crippen LogP contribution in [0.2, 0.25) is 0 Å². The van der Waals surface area contributed by atoms with Gasteiger partial charge in [0.15, 0.2) is 0 Å². The molecular formula is C27H28FNO5. The molecule has 178 valence electrons. The first-order valence-corrected chi connectivity index (χ1v) is 11.3. The van der Waals surface area contributed by atoms with Crippen LogP contribution in [0.25, 0.3) is 11.5 Å². The van der Waals surface area contributed by atoms with E-state index in [-0.39, 0.29) is 24.4 Å². The Morgan fingerprint density at radius 1 is 1.12 bits per heavy atom. The van der Waals surface area contributed by atoms with E-state index in [0.29, 0.717) is 41.5 Å². The Balaban J connectivity index is 1.34. The third-order valence-corrected chi connectivity index (χ3v) is 6.10. The summed E-state index contributed by atoms with van der Waals surface area (Å²) < 4.78 is 30.7. The van der Waals surface area contributed by atoms with Gasteiger partial charge in [0.2, 0.25) is 5.89 Å². The van der Waals surface area contributed by atoms with Gasteiger partial charge in [0.25, 0.3) is 0 Å². The molecule has 0 bridgehead atoms. The maximum Gasteiger partial charge on any atom is 0.336 e. The van der Waals surface area contributed by atoms with Crippen LogP contribution in [-0.4, -0.2) is 29.3 Å². The number of nitrogens with zero attached hydrogens (tertiary/aromatic N) is 1. The number of carboxylic acid groups (broad SMARTS) is 1. The molecule has 1 atom stereocenters. The first-order valence-electron chi connectivity index (χ1n) is 11.3. The van der Waals surface area contributed by atoms with Crippen LogP contribution >= 0.6 is 0 Å². The molecule has 0 radical (unpaired) electrons. The molecular weight excluding hydrogens is 437 g/mol. The van der Waals surface area contributed by atoms with Gasteiger partial charge in [-0.2, -0.15) is 0 Å². The minimum absolute atomic E-state index is 0.189. The van der Waals surface area contributed by atoms with Crippen LogP contribution in [0.4, 0.5) is 4.39 Å². The Kier molecular flexibility index (Phi) is 7.55. The lowest BCUT2D eigenvalue weighted by atomic mass is 9.78. The van der Waals surface area contributed by atoms with E-state index >= 15 is 0 Å². The van der Waals surface area contributed by atoms with E-state index in [2.05, 4.69) is 17.1 Å². The fourth-order valence-electron chi connectivity index (χ4n) is 4.25. The van der Waals surface area contributed by atoms with Crippen molar-refractivity contribution in [1.82, 2.24) is 4.98 Å². The molecule has 1 heterocycles. The van der Waals surface area contributed by atoms with Crippen molar-refractivity contribution in [2.45, 2.75) is 39.4 Å². The summed E-state index contributed by atoms with van der Waals surface area (Å²) >= 11 is 0. The molecule has 1 aliphatic rings. The van der Waals surface area contributed by atoms with Gasteiger partial charge in [0, 0.05) is 11.0 Å². The van der Waals surface area contributed by atoms with Crippen molar-refractivity contribution in [1.29, 1.82) is 0 Å². The quantitative estimate of drug-likeness (QED) is 0.373. The number of benzene rings is 2. The number of hydrogen-bond donors (Lipinski definition) is 1. The van der Waals surface area contributed by atoms with Gasteiger partial charge < -0.3 is 19.0 Å². The Labute approximate surface area is 198 Å². The highest BCUT2D eigenvalue weighted by Gasteiger charge is 2.31. The highest BCUT2D eigenvalue weighted by atomic mass is 19.1. The second-order valence-electron chi connectivity index (χ2n) is 8.76. The smallest absolute Gasteiger partial charge is 0.336 e. The summed E-state index contributed by atoms with van der Waals surface area (Å²) in [5, 5.41) is 9.54. The number of halogens is 1. The molecule has 34 heavy (non-hydrogen) atoms. The van der Waals surface area contributed by atoms with E-state index in [1.807, 2.05) is 6.07 Å². The number of allylic oxidation sites excluding steroid dienone is 2. The molecule has 1 unspecified atom stereocenters. The highest BCUT2D eigenvalue weighted by Crippen LogP contribution is 2.34. The molecule has 0 spiro atoms. The lowest BCUT2D eigenvalue weighted by Crippen LogP contribution is -2.33. The van der Waals surface area contributed by atoms with Gasteiger partial charge in [-0.15, -0.1) is 0 Å². The monoisotopic (exact) mass is 465 g/mol. The van der Waals surface area contributed by atoms with Crippen molar-refractivity contribution >= 4 is 5.97 Å². The van der Waals surface area contributed by atoms with Crippen molar-refractivity contribution in [3.8, 4) is 11.5 Å². The standard InChI is InChI=1S/C27H28FNO5/c1-19-6-5-7-21(24(19)26(30)31)14-32-17-27(12-3-2-4-13-27)18-33-15-23-16-34-25(29-23)20-8-10-22(28)11-9-20/h2-3,5-11,16H,4,12-15,17-18H2,1H3,(H,30,31). The Morgan fingerprint density at radius 3 is 2.59 bits per heavy atom. The number of oxazole rings is 1. The first kappa shape index (κ1) is 23.9. The molecule has 4 rings (SSSR count). The van der Waals surface area contributed by atoms with Crippen molar-refractivity contribution in [3.05, 3.63) is 89.1 Å². The molecule has 1 aromatic heterocycles. The number of hydrogen-bond acceptors (Lipinski definition) is 5. The van der Waals surface area contributed by atoms with Gasteiger partial charge in [-0.25, -0.2) is 14.2 Å². The summed E-state index contributed by atoms with van der Waals surface area (Å²) in [6.07, 6.45) is 8.54. The van der Waals surface area contributed by atoms with Gasteiger partial charge in [-0.1, -0.05) is 30.4 Å². The van der Waals surface area contributed by atoms with Crippen molar-refractivity contribution in [2.75, 3.05) is 13.2 Å². The minimum atomic E-state index is -0.942. The third kappa shape index (κ3) is 5.79. The predicted molar refractivity (Wildman–Crippen MR) is 125 cm³/mol. The average molecular weight is 466 g/mol. The molecule has 0 aliphatic heterocycles. The minimum Gasteiger partial charge on any atom is -0.478 e. The van der Waals surface area contributed by atoms with Gasteiger partial charge in [0.05, 0.1) is 32.0 Å². The third-order valence-electron chi connectivity index (χ3n) is 6.10. The second-order valence-corrected chi connectivity index (χ2v) is 8.76. The van der Waals surface area contributed by atoms with Crippen LogP contribution in [0, 0.1) is 18.2 Å². The summed E-state index contributed by atoms with van der Waals surface area (Å²) in [6, 6.07) is 11.4. The van der Waals surface area contributed by atoms with Crippen molar-refractivity contribution in [2.24, 2.45) is 5.41 Å². The van der Waals surface area contributed by atoms with Crippen LogP contribution in [0.15, 0.2) is 65.3 Å². The van der Waals surface area contributed by atoms with Crippen molar-refractivity contribution in [3.63, 3.8) is 0 Å². The fourth-order valence-corrected chi connectivity index (χ4v) is 4.25. The molecule has 6 nitrogen and oxygen atoms in total. The number of rotatable bonds is 10. The van der Waals surface area contributed by atoms with E-state index < -0.39 is 5.97 Å². The Hall–Kier alpha value is -3.29. The summed E-state index contributed by atoms with van der Waals surface area (Å²) in [7, 11) is 0. The summed E-state index contributed by atoms with van der Waals surface area (Å²) in [6.45, 7) is 3.26. The Morgan fingerprint density at radius 2 is 1.88 bits per heavy atom. The van der Waals surface area contributed by atoms with Gasteiger partial charge in [-0.05, 0) is 61.6 Å². The molecule has 1 N–H and O–H groups in total. The first-order chi connectivity index (χ1) is 16.5. The second kappa shape index (κ2) is 10.8. The van der Waals surface area contributed by atoms with Crippen LogP contribution in [0.1, 0.15) is 46.4 Å². The molecule has 2 aromatic carbocycles. The number of carboxylic acids is 1. The molecule has 3 aromatic rings. The van der Waals surface area contributed by atoms with Crippen LogP contribution < -0.4 is 0 Å². The lowest BCUT2D eigenvalue weighted by molar-refractivity contribution is -0.0383. The van der Waals surface area contributed by atoms with Crippen molar-refractivity contribution < 1.29 is 28.2 Å². The van der Waals surface area contributed by atoms with E-state index in [0.717, 1.165) is 24.8 Å². The van der Waals surface area contributed by atoms with Crippen LogP contribution in [-0.2, 0) is 22.7 Å². The summed E-state index contributed by atoms with van der Waals surface area (Å²) in [5.41, 5.74) is 2.87. The van der Waals surface area contributed by atoms with E-state index in [1.165, 1.54) is 12.1 Å². The number of aromatic nitrogens is 1. The van der Waals surface area contributed by atoms with Gasteiger partial charge in [0.1, 0.15) is 17.8 Å². The normalized spacial score (nSPS) is 17.7. The number of carbonyl (C=O) groups is 1. The summed E-state index contributed by atoms with van der Waals surface area (Å²) in [5.74, 6) is -0.831.